The number of nitrogens with one attached hydrogen (secondary N) is 1. The summed E-state index contributed by atoms with van der Waals surface area (Å²) in [5.74, 6) is 0.711. The van der Waals surface area contributed by atoms with E-state index >= 15 is 0 Å². The van der Waals surface area contributed by atoms with Crippen LogP contribution < -0.4 is 5.32 Å². The zero-order valence-electron chi connectivity index (χ0n) is 11.7. The van der Waals surface area contributed by atoms with Crippen molar-refractivity contribution in [2.24, 2.45) is 5.92 Å². The average Bonchev–Trinajstić information content (AvgIpc) is 2.26. The molecule has 106 valence electrons. The summed E-state index contributed by atoms with van der Waals surface area (Å²) in [5.41, 5.74) is 0.678. The Morgan fingerprint density at radius 3 is 2.21 bits per heavy atom. The van der Waals surface area contributed by atoms with E-state index in [1.54, 1.807) is 0 Å². The number of halogens is 2. The molecule has 0 radical (unpaired) electrons. The minimum Gasteiger partial charge on any atom is -0.350 e. The van der Waals surface area contributed by atoms with Gasteiger partial charge in [-0.1, -0.05) is 58.5 Å². The predicted molar refractivity (Wildman–Crippen MR) is 87.5 cm³/mol. The van der Waals surface area contributed by atoms with Crippen LogP contribution in [0.4, 0.5) is 0 Å². The van der Waals surface area contributed by atoms with Gasteiger partial charge in [0.1, 0.15) is 0 Å². The molecule has 1 unspecified atom stereocenters. The maximum absolute atomic E-state index is 12.1. The van der Waals surface area contributed by atoms with E-state index in [9.17, 15) is 4.79 Å². The second kappa shape index (κ2) is 8.05. The summed E-state index contributed by atoms with van der Waals surface area (Å²) in [6.07, 6.45) is 3.39. The van der Waals surface area contributed by atoms with E-state index in [1.165, 1.54) is 6.42 Å². The van der Waals surface area contributed by atoms with Crippen molar-refractivity contribution in [3.63, 3.8) is 0 Å². The number of hydrogen-bond acceptors (Lipinski definition) is 1. The molecule has 0 aliphatic rings. The van der Waals surface area contributed by atoms with Gasteiger partial charge in [-0.25, -0.2) is 0 Å². The first-order chi connectivity index (χ1) is 8.88. The van der Waals surface area contributed by atoms with Crippen molar-refractivity contribution in [3.8, 4) is 0 Å². The Bertz CT molecular complexity index is 412. The maximum atomic E-state index is 12.1. The predicted octanol–water partition coefficient (Wildman–Crippen LogP) is 5.16. The zero-order chi connectivity index (χ0) is 14.4. The highest BCUT2D eigenvalue weighted by Crippen LogP contribution is 2.20. The molecule has 2 nitrogen and oxygen atoms in total. The molecule has 0 aliphatic heterocycles. The third-order valence-electron chi connectivity index (χ3n) is 2.92. The number of amides is 1. The van der Waals surface area contributed by atoms with E-state index in [0.29, 0.717) is 5.56 Å². The first kappa shape index (κ1) is 16.7. The van der Waals surface area contributed by atoms with Gasteiger partial charge in [0, 0.05) is 20.6 Å². The molecule has 0 fully saturated rings. The fourth-order valence-electron chi connectivity index (χ4n) is 1.90. The van der Waals surface area contributed by atoms with Crippen molar-refractivity contribution in [3.05, 3.63) is 32.7 Å². The molecular formula is C15H21Br2NO. The van der Waals surface area contributed by atoms with Gasteiger partial charge in [0.25, 0.3) is 5.91 Å². The van der Waals surface area contributed by atoms with E-state index in [1.807, 2.05) is 18.2 Å². The van der Waals surface area contributed by atoms with Crippen LogP contribution >= 0.6 is 31.9 Å². The Kier molecular flexibility index (Phi) is 7.08. The molecule has 1 rings (SSSR count). The van der Waals surface area contributed by atoms with E-state index in [-0.39, 0.29) is 11.9 Å². The van der Waals surface area contributed by atoms with Gasteiger partial charge in [-0.3, -0.25) is 4.79 Å². The van der Waals surface area contributed by atoms with Crippen LogP contribution in [0.2, 0.25) is 0 Å². The van der Waals surface area contributed by atoms with Crippen LogP contribution in [-0.2, 0) is 0 Å². The van der Waals surface area contributed by atoms with Gasteiger partial charge in [-0.05, 0) is 37.5 Å². The zero-order valence-corrected chi connectivity index (χ0v) is 14.8. The molecule has 19 heavy (non-hydrogen) atoms. The third kappa shape index (κ3) is 6.57. The standard InChI is InChI=1S/C15H21Br2NO/c1-10(2)5-4-6-11(3)18-15(19)12-7-13(16)9-14(17)8-12/h7-11H,4-6H2,1-3H3,(H,18,19). The fraction of sp³-hybridized carbons (Fsp3) is 0.533. The van der Waals surface area contributed by atoms with Crippen LogP contribution in [0.3, 0.4) is 0 Å². The Hall–Kier alpha value is -0.350. The molecule has 0 saturated heterocycles. The van der Waals surface area contributed by atoms with Crippen LogP contribution in [-0.4, -0.2) is 11.9 Å². The van der Waals surface area contributed by atoms with Crippen LogP contribution in [0.25, 0.3) is 0 Å². The number of carbonyl (C=O) groups excluding carboxylic acids is 1. The van der Waals surface area contributed by atoms with Gasteiger partial charge < -0.3 is 5.32 Å². The lowest BCUT2D eigenvalue weighted by molar-refractivity contribution is 0.0937. The van der Waals surface area contributed by atoms with Crippen molar-refractivity contribution in [1.82, 2.24) is 5.32 Å². The van der Waals surface area contributed by atoms with Gasteiger partial charge in [-0.2, -0.15) is 0 Å². The minimum absolute atomic E-state index is 0.0148. The lowest BCUT2D eigenvalue weighted by atomic mass is 10.0. The summed E-state index contributed by atoms with van der Waals surface area (Å²) in [6.45, 7) is 6.51. The fourth-order valence-corrected chi connectivity index (χ4v) is 3.19. The van der Waals surface area contributed by atoms with E-state index in [2.05, 4.69) is 57.9 Å². The highest BCUT2D eigenvalue weighted by atomic mass is 79.9. The van der Waals surface area contributed by atoms with Gasteiger partial charge in [0.2, 0.25) is 0 Å². The molecule has 0 bridgehead atoms. The molecule has 1 N–H and O–H groups in total. The van der Waals surface area contributed by atoms with Gasteiger partial charge in [0.05, 0.1) is 0 Å². The minimum atomic E-state index is -0.0148. The SMILES string of the molecule is CC(C)CCCC(C)NC(=O)c1cc(Br)cc(Br)c1. The maximum Gasteiger partial charge on any atom is 0.251 e. The first-order valence-electron chi connectivity index (χ1n) is 6.65. The number of carbonyl (C=O) groups is 1. The molecule has 0 aliphatic carbocycles. The number of rotatable bonds is 6. The molecular weight excluding hydrogens is 370 g/mol. The van der Waals surface area contributed by atoms with Gasteiger partial charge in [0.15, 0.2) is 0 Å². The normalized spacial score (nSPS) is 12.5. The van der Waals surface area contributed by atoms with Crippen molar-refractivity contribution < 1.29 is 4.79 Å². The summed E-state index contributed by atoms with van der Waals surface area (Å²) in [4.78, 5) is 12.1. The van der Waals surface area contributed by atoms with Crippen LogP contribution in [0, 0.1) is 5.92 Å². The molecule has 0 spiro atoms. The Balaban J connectivity index is 2.49. The summed E-state index contributed by atoms with van der Waals surface area (Å²) < 4.78 is 1.80. The smallest absolute Gasteiger partial charge is 0.251 e. The van der Waals surface area contributed by atoms with Crippen LogP contribution in [0.5, 0.6) is 0 Å². The monoisotopic (exact) mass is 389 g/mol. The van der Waals surface area contributed by atoms with Crippen LogP contribution in [0.15, 0.2) is 27.1 Å². The van der Waals surface area contributed by atoms with Crippen molar-refractivity contribution in [2.45, 2.75) is 46.1 Å². The highest BCUT2D eigenvalue weighted by Gasteiger charge is 2.11. The first-order valence-corrected chi connectivity index (χ1v) is 8.24. The average molecular weight is 391 g/mol. The Morgan fingerprint density at radius 2 is 1.68 bits per heavy atom. The summed E-state index contributed by atoms with van der Waals surface area (Å²) in [7, 11) is 0. The summed E-state index contributed by atoms with van der Waals surface area (Å²) in [5, 5.41) is 3.04. The van der Waals surface area contributed by atoms with Crippen molar-refractivity contribution in [2.75, 3.05) is 0 Å². The second-order valence-electron chi connectivity index (χ2n) is 5.36. The van der Waals surface area contributed by atoms with Crippen LogP contribution in [0.1, 0.15) is 50.4 Å². The lowest BCUT2D eigenvalue weighted by Gasteiger charge is -2.15. The molecule has 1 atom stereocenters. The van der Waals surface area contributed by atoms with E-state index < -0.39 is 0 Å². The molecule has 0 saturated carbocycles. The number of hydrogen-bond donors (Lipinski definition) is 1. The quantitative estimate of drug-likeness (QED) is 0.714. The van der Waals surface area contributed by atoms with E-state index in [0.717, 1.165) is 27.7 Å². The molecule has 4 heteroatoms. The molecule has 0 aromatic heterocycles. The van der Waals surface area contributed by atoms with Crippen molar-refractivity contribution in [1.29, 1.82) is 0 Å². The summed E-state index contributed by atoms with van der Waals surface area (Å²) >= 11 is 6.79. The highest BCUT2D eigenvalue weighted by molar-refractivity contribution is 9.11. The largest absolute Gasteiger partial charge is 0.350 e. The van der Waals surface area contributed by atoms with Gasteiger partial charge in [-0.15, -0.1) is 0 Å². The Labute approximate surface area is 132 Å². The molecule has 0 heterocycles. The second-order valence-corrected chi connectivity index (χ2v) is 7.19. The van der Waals surface area contributed by atoms with E-state index in [4.69, 9.17) is 0 Å². The lowest BCUT2D eigenvalue weighted by Crippen LogP contribution is -2.32. The van der Waals surface area contributed by atoms with Gasteiger partial charge >= 0.3 is 0 Å². The molecule has 1 aromatic rings. The summed E-state index contributed by atoms with van der Waals surface area (Å²) in [6, 6.07) is 5.80. The third-order valence-corrected chi connectivity index (χ3v) is 3.84. The Morgan fingerprint density at radius 1 is 1.11 bits per heavy atom. The number of benzene rings is 1. The molecule has 1 amide bonds. The topological polar surface area (TPSA) is 29.1 Å². The van der Waals surface area contributed by atoms with Crippen molar-refractivity contribution >= 4 is 37.8 Å². The molecule has 1 aromatic carbocycles.